The molecule has 0 aliphatic carbocycles. The summed E-state index contributed by atoms with van der Waals surface area (Å²) in [5, 5.41) is 24.5. The molecule has 88 heavy (non-hydrogen) atoms. The topological polar surface area (TPSA) is 218 Å². The standard InChI is InChI=1S/C40H48N6O2.C24H16N2O4.C8H18N2/c47-39(41-17-7-23-45-19-3-1-4-20-45)31-13-15-35-33(25-31)27-37(43-35)29-9-11-30(12-10-29)38-28-34-26-32(14-16-36(34)44-38)40(48)42-18-8-24-46-21-5-2-6-22-46;27-23(28)15-5-7-19-17(9-15)11-21(25-19)13-1-2-14(4-3-13)22-12-18-10-16(24(29)30)6-8-20(18)26-22;9-5-4-8-10-6-2-1-3-7-10/h9-16,25-26H,1-8,17-24,27-28H2,(H,41,47)(H,42,48);1-10H,11-12H2,(H,27,28)(H,29,30);1-9H2. The van der Waals surface area contributed by atoms with Crippen molar-refractivity contribution in [2.75, 3.05) is 78.5 Å². The quantitative estimate of drug-likeness (QED) is 0.0483. The normalized spacial score (nSPS) is 16.9. The molecule has 456 valence electrons. The van der Waals surface area contributed by atoms with Crippen molar-refractivity contribution in [3.63, 3.8) is 0 Å². The van der Waals surface area contributed by atoms with Gasteiger partial charge < -0.3 is 41.3 Å². The summed E-state index contributed by atoms with van der Waals surface area (Å²) in [6.45, 7) is 12.9. The lowest BCUT2D eigenvalue weighted by atomic mass is 9.98. The van der Waals surface area contributed by atoms with Crippen LogP contribution in [0.1, 0.15) is 163 Å². The molecule has 3 fully saturated rings. The lowest BCUT2D eigenvalue weighted by molar-refractivity contribution is 0.0686. The third-order valence-electron chi connectivity index (χ3n) is 17.8. The molecule has 16 heteroatoms. The number of carbonyl (C=O) groups is 4. The van der Waals surface area contributed by atoms with Gasteiger partial charge >= 0.3 is 11.9 Å². The summed E-state index contributed by atoms with van der Waals surface area (Å²) < 4.78 is 0. The van der Waals surface area contributed by atoms with Gasteiger partial charge in [0.05, 0.1) is 56.7 Å². The van der Waals surface area contributed by atoms with E-state index in [0.29, 0.717) is 49.9 Å². The Balaban J connectivity index is 0.000000169. The van der Waals surface area contributed by atoms with Crippen molar-refractivity contribution >= 4 is 69.3 Å². The number of carbonyl (C=O) groups excluding carboxylic acids is 2. The van der Waals surface area contributed by atoms with Crippen LogP contribution in [-0.2, 0) is 25.7 Å². The number of hydrogen-bond acceptors (Lipinski definition) is 12. The molecule has 0 atom stereocenters. The number of aromatic carboxylic acids is 2. The molecule has 16 nitrogen and oxygen atoms in total. The minimum atomic E-state index is -0.940. The lowest BCUT2D eigenvalue weighted by Crippen LogP contribution is -2.33. The summed E-state index contributed by atoms with van der Waals surface area (Å²) in [6, 6.07) is 38.1. The number of piperidine rings is 3. The van der Waals surface area contributed by atoms with Gasteiger partial charge in [-0.25, -0.2) is 9.59 Å². The van der Waals surface area contributed by atoms with Crippen molar-refractivity contribution in [1.82, 2.24) is 25.3 Å². The fourth-order valence-electron chi connectivity index (χ4n) is 12.8. The Kier molecular flexibility index (Phi) is 20.7. The highest BCUT2D eigenvalue weighted by Gasteiger charge is 2.24. The SMILES string of the molecule is NCCCN1CCCCC1.O=C(NCCCN1CCCCC1)c1ccc2c(c1)CC(c1ccc(C3=Nc4ccc(C(=O)NCCCN5CCCCC5)cc4C3)cc1)=N2.O=C(O)c1ccc2c(c1)CC(c1ccc(C3=Nc4ccc(C(=O)O)cc4C3)cc1)=N2. The van der Waals surface area contributed by atoms with Crippen molar-refractivity contribution in [3.8, 4) is 0 Å². The smallest absolute Gasteiger partial charge is 0.335 e. The molecule has 6 aromatic carbocycles. The van der Waals surface area contributed by atoms with Crippen LogP contribution < -0.4 is 16.4 Å². The number of aliphatic imine (C=N–C) groups is 4. The van der Waals surface area contributed by atoms with E-state index in [1.165, 1.54) is 110 Å². The van der Waals surface area contributed by atoms with Crippen molar-refractivity contribution in [3.05, 3.63) is 188 Å². The second-order valence-electron chi connectivity index (χ2n) is 24.1. The zero-order chi connectivity index (χ0) is 60.8. The maximum Gasteiger partial charge on any atom is 0.335 e. The largest absolute Gasteiger partial charge is 0.478 e. The van der Waals surface area contributed by atoms with Gasteiger partial charge in [0, 0.05) is 49.9 Å². The predicted octanol–water partition coefficient (Wildman–Crippen LogP) is 11.5. The Hall–Kier alpha value is -8.28. The molecular weight excluding hydrogens is 1100 g/mol. The van der Waals surface area contributed by atoms with Crippen molar-refractivity contribution < 1.29 is 29.4 Å². The van der Waals surface area contributed by atoms with Gasteiger partial charge in [0.1, 0.15) is 0 Å². The summed E-state index contributed by atoms with van der Waals surface area (Å²) in [4.78, 5) is 74.7. The highest BCUT2D eigenvalue weighted by atomic mass is 16.4. The van der Waals surface area contributed by atoms with E-state index in [1.807, 2.05) is 60.7 Å². The maximum atomic E-state index is 12.9. The van der Waals surface area contributed by atoms with E-state index in [0.717, 1.165) is 123 Å². The Bertz CT molecular complexity index is 3400. The number of carboxylic acids is 2. The van der Waals surface area contributed by atoms with Gasteiger partial charge in [0.25, 0.3) is 11.8 Å². The van der Waals surface area contributed by atoms with Crippen LogP contribution in [0.2, 0.25) is 0 Å². The lowest BCUT2D eigenvalue weighted by Gasteiger charge is -2.26. The van der Waals surface area contributed by atoms with E-state index in [-0.39, 0.29) is 22.9 Å². The third-order valence-corrected chi connectivity index (χ3v) is 17.8. The number of fused-ring (bicyclic) bond motifs is 4. The molecule has 2 amide bonds. The van der Waals surface area contributed by atoms with Gasteiger partial charge in [-0.1, -0.05) is 67.8 Å². The van der Waals surface area contributed by atoms with Gasteiger partial charge in [0.15, 0.2) is 0 Å². The fourth-order valence-corrected chi connectivity index (χ4v) is 12.8. The summed E-state index contributed by atoms with van der Waals surface area (Å²) in [5.74, 6) is -1.90. The van der Waals surface area contributed by atoms with Gasteiger partial charge in [0.2, 0.25) is 0 Å². The number of benzene rings is 6. The summed E-state index contributed by atoms with van der Waals surface area (Å²) in [5.41, 5.74) is 22.8. The van der Waals surface area contributed by atoms with Gasteiger partial charge in [-0.2, -0.15) is 0 Å². The Morgan fingerprint density at radius 3 is 0.932 bits per heavy atom. The number of likely N-dealkylation sites (tertiary alicyclic amines) is 3. The Labute approximate surface area is 516 Å². The number of nitrogens with two attached hydrogens (primary N) is 1. The molecule has 0 spiro atoms. The van der Waals surface area contributed by atoms with Crippen LogP contribution in [-0.4, -0.2) is 150 Å². The molecular formula is C72H82N10O6. The minimum Gasteiger partial charge on any atom is -0.478 e. The van der Waals surface area contributed by atoms with E-state index >= 15 is 0 Å². The number of rotatable bonds is 19. The van der Waals surface area contributed by atoms with Gasteiger partial charge in [-0.05, 0) is 241 Å². The number of amides is 2. The first-order valence-electron chi connectivity index (χ1n) is 31.9. The summed E-state index contributed by atoms with van der Waals surface area (Å²) in [6.07, 6.45) is 17.8. The Morgan fingerprint density at radius 1 is 0.375 bits per heavy atom. The predicted molar refractivity (Wildman–Crippen MR) is 351 cm³/mol. The monoisotopic (exact) mass is 1180 g/mol. The molecule has 6 aromatic rings. The Morgan fingerprint density at radius 2 is 0.648 bits per heavy atom. The second kappa shape index (κ2) is 29.6. The average molecular weight is 1180 g/mol. The zero-order valence-electron chi connectivity index (χ0n) is 50.6. The first kappa shape index (κ1) is 61.4. The first-order valence-corrected chi connectivity index (χ1v) is 31.9. The molecule has 3 saturated heterocycles. The van der Waals surface area contributed by atoms with E-state index in [1.54, 1.807) is 36.4 Å². The molecule has 0 unspecified atom stereocenters. The molecule has 7 heterocycles. The molecule has 7 aliphatic heterocycles. The van der Waals surface area contributed by atoms with E-state index in [4.69, 9.17) is 25.9 Å². The maximum absolute atomic E-state index is 12.9. The van der Waals surface area contributed by atoms with Gasteiger partial charge in [-0.15, -0.1) is 0 Å². The van der Waals surface area contributed by atoms with Crippen LogP contribution in [0.4, 0.5) is 22.7 Å². The van der Waals surface area contributed by atoms with Crippen LogP contribution in [0.25, 0.3) is 0 Å². The van der Waals surface area contributed by atoms with Crippen LogP contribution in [0.3, 0.4) is 0 Å². The average Bonchev–Trinajstić information content (AvgIpc) is 2.85. The highest BCUT2D eigenvalue weighted by molar-refractivity contribution is 6.11. The number of nitrogens with zero attached hydrogens (tertiary/aromatic N) is 7. The number of nitrogens with one attached hydrogen (secondary N) is 2. The third kappa shape index (κ3) is 15.9. The first-order chi connectivity index (χ1) is 43.0. The van der Waals surface area contributed by atoms with Crippen LogP contribution >= 0.6 is 0 Å². The van der Waals surface area contributed by atoms with Crippen molar-refractivity contribution in [2.24, 2.45) is 25.7 Å². The molecule has 0 aromatic heterocycles. The van der Waals surface area contributed by atoms with Crippen LogP contribution in [0.15, 0.2) is 141 Å². The van der Waals surface area contributed by atoms with Crippen LogP contribution in [0, 0.1) is 0 Å². The fraction of sp³-hybridized carbons (Fsp3) is 0.389. The number of hydrogen-bond donors (Lipinski definition) is 5. The molecule has 0 saturated carbocycles. The number of carboxylic acid groups (broad SMARTS) is 2. The zero-order valence-corrected chi connectivity index (χ0v) is 50.6. The molecule has 0 radical (unpaired) electrons. The minimum absolute atomic E-state index is 0.0106. The van der Waals surface area contributed by atoms with E-state index < -0.39 is 11.9 Å². The highest BCUT2D eigenvalue weighted by Crippen LogP contribution is 2.35. The van der Waals surface area contributed by atoms with Crippen LogP contribution in [0.5, 0.6) is 0 Å². The van der Waals surface area contributed by atoms with Crippen molar-refractivity contribution in [2.45, 2.75) is 103 Å². The molecule has 7 aliphatic rings. The second-order valence-corrected chi connectivity index (χ2v) is 24.1. The molecule has 0 bridgehead atoms. The summed E-state index contributed by atoms with van der Waals surface area (Å²) >= 11 is 0. The summed E-state index contributed by atoms with van der Waals surface area (Å²) in [7, 11) is 0. The van der Waals surface area contributed by atoms with E-state index in [9.17, 15) is 19.2 Å². The van der Waals surface area contributed by atoms with Crippen molar-refractivity contribution in [1.29, 1.82) is 0 Å². The molecule has 6 N–H and O–H groups in total. The van der Waals surface area contributed by atoms with E-state index in [2.05, 4.69) is 59.6 Å². The van der Waals surface area contributed by atoms with Gasteiger partial charge in [-0.3, -0.25) is 29.6 Å². The molecule has 13 rings (SSSR count).